The third-order valence-corrected chi connectivity index (χ3v) is 7.70. The van der Waals surface area contributed by atoms with Gasteiger partial charge in [-0.3, -0.25) is 4.79 Å². The summed E-state index contributed by atoms with van der Waals surface area (Å²) in [5.41, 5.74) is 3.60. The van der Waals surface area contributed by atoms with Gasteiger partial charge in [0.2, 0.25) is 10.0 Å². The van der Waals surface area contributed by atoms with Crippen molar-refractivity contribution >= 4 is 21.6 Å². The van der Waals surface area contributed by atoms with Gasteiger partial charge in [0.05, 0.1) is 25.4 Å². The van der Waals surface area contributed by atoms with Crippen molar-refractivity contribution < 1.29 is 22.7 Å². The summed E-state index contributed by atoms with van der Waals surface area (Å²) >= 11 is 0. The van der Waals surface area contributed by atoms with Crippen molar-refractivity contribution in [3.05, 3.63) is 71.5 Å². The first-order valence-electron chi connectivity index (χ1n) is 11.2. The lowest BCUT2D eigenvalue weighted by Gasteiger charge is -2.27. The number of hydrogen-bond acceptors (Lipinski definition) is 5. The lowest BCUT2D eigenvalue weighted by Crippen LogP contribution is -2.40. The Kier molecular flexibility index (Phi) is 7.06. The second-order valence-corrected chi connectivity index (χ2v) is 9.93. The van der Waals surface area contributed by atoms with Crippen LogP contribution in [-0.2, 0) is 14.8 Å². The molecule has 3 aromatic rings. The first-order chi connectivity index (χ1) is 16.3. The number of aromatic nitrogens is 1. The molecule has 0 saturated carbocycles. The maximum atomic E-state index is 13.3. The molecule has 0 spiro atoms. The monoisotopic (exact) mass is 483 g/mol. The van der Waals surface area contributed by atoms with E-state index in [-0.39, 0.29) is 29.6 Å². The molecule has 34 heavy (non-hydrogen) atoms. The van der Waals surface area contributed by atoms with Crippen LogP contribution in [0.15, 0.2) is 59.5 Å². The predicted molar refractivity (Wildman–Crippen MR) is 130 cm³/mol. The highest BCUT2D eigenvalue weighted by atomic mass is 32.2. The molecule has 0 radical (unpaired) electrons. The zero-order chi connectivity index (χ0) is 24.3. The molecule has 1 N–H and O–H groups in total. The number of sulfonamides is 1. The van der Waals surface area contributed by atoms with Crippen molar-refractivity contribution in [2.45, 2.75) is 25.7 Å². The van der Waals surface area contributed by atoms with E-state index >= 15 is 0 Å². The molecule has 180 valence electrons. The number of amides is 1. The summed E-state index contributed by atoms with van der Waals surface area (Å²) in [6.07, 6.45) is 0. The Morgan fingerprint density at radius 3 is 2.44 bits per heavy atom. The number of aryl methyl sites for hydroxylation is 1. The van der Waals surface area contributed by atoms with Crippen LogP contribution in [0.1, 0.15) is 28.7 Å². The molecule has 9 heteroatoms. The van der Waals surface area contributed by atoms with Crippen molar-refractivity contribution in [1.82, 2.24) is 8.87 Å². The van der Waals surface area contributed by atoms with Crippen LogP contribution >= 0.6 is 0 Å². The fraction of sp³-hybridized carbons (Fsp3) is 0.320. The summed E-state index contributed by atoms with van der Waals surface area (Å²) in [6, 6.07) is 16.3. The van der Waals surface area contributed by atoms with Crippen molar-refractivity contribution in [1.29, 1.82) is 0 Å². The molecule has 1 amide bonds. The smallest absolute Gasteiger partial charge is 0.257 e. The predicted octanol–water partition coefficient (Wildman–Crippen LogP) is 3.77. The van der Waals surface area contributed by atoms with Crippen LogP contribution in [0.3, 0.4) is 0 Å². The molecule has 2 aromatic carbocycles. The zero-order valence-electron chi connectivity index (χ0n) is 19.6. The van der Waals surface area contributed by atoms with Crippen LogP contribution in [-0.4, -0.2) is 56.1 Å². The second kappa shape index (κ2) is 10.0. The Morgan fingerprint density at radius 1 is 1.06 bits per heavy atom. The number of nitrogens with zero attached hydrogens (tertiary/aromatic N) is 2. The normalized spacial score (nSPS) is 14.7. The van der Waals surface area contributed by atoms with Gasteiger partial charge in [0.1, 0.15) is 10.6 Å². The summed E-state index contributed by atoms with van der Waals surface area (Å²) in [6.45, 7) is 7.19. The molecule has 0 atom stereocenters. The molecule has 1 saturated heterocycles. The van der Waals surface area contributed by atoms with Crippen molar-refractivity contribution in [3.63, 3.8) is 0 Å². The molecule has 4 rings (SSSR count). The Balaban J connectivity index is 1.65. The van der Waals surface area contributed by atoms with Crippen LogP contribution in [0.25, 0.3) is 5.69 Å². The van der Waals surface area contributed by atoms with Crippen LogP contribution in [0.4, 0.5) is 5.69 Å². The molecule has 1 aliphatic heterocycles. The van der Waals surface area contributed by atoms with Gasteiger partial charge in [-0.05, 0) is 57.2 Å². The summed E-state index contributed by atoms with van der Waals surface area (Å²) in [7, 11) is -3.81. The fourth-order valence-corrected chi connectivity index (χ4v) is 5.72. The molecule has 8 nitrogen and oxygen atoms in total. The zero-order valence-corrected chi connectivity index (χ0v) is 20.4. The number of carbonyl (C=O) groups is 1. The quantitative estimate of drug-likeness (QED) is 0.553. The fourth-order valence-electron chi connectivity index (χ4n) is 4.15. The molecule has 1 aliphatic rings. The van der Waals surface area contributed by atoms with Gasteiger partial charge in [-0.2, -0.15) is 4.31 Å². The van der Waals surface area contributed by atoms with Gasteiger partial charge in [-0.25, -0.2) is 8.42 Å². The summed E-state index contributed by atoms with van der Waals surface area (Å²) in [4.78, 5) is 13.2. The van der Waals surface area contributed by atoms with E-state index in [2.05, 4.69) is 5.32 Å². The van der Waals surface area contributed by atoms with Gasteiger partial charge in [0, 0.05) is 35.9 Å². The number of rotatable bonds is 7. The molecule has 0 aliphatic carbocycles. The Labute approximate surface area is 200 Å². The molecule has 2 heterocycles. The summed E-state index contributed by atoms with van der Waals surface area (Å²) in [5.74, 6) is -0.0524. The molecule has 1 aromatic heterocycles. The molecule has 1 fully saturated rings. The Hall–Kier alpha value is -3.14. The number of carbonyl (C=O) groups excluding carboxylic acids is 1. The van der Waals surface area contributed by atoms with Crippen LogP contribution in [0.2, 0.25) is 0 Å². The third-order valence-electron chi connectivity index (χ3n) is 5.78. The van der Waals surface area contributed by atoms with Gasteiger partial charge in [0.25, 0.3) is 5.91 Å². The minimum absolute atomic E-state index is 0.0313. The average molecular weight is 484 g/mol. The van der Waals surface area contributed by atoms with Gasteiger partial charge in [-0.15, -0.1) is 0 Å². The standard InChI is InChI=1S/C25H29N3O5S/c1-4-33-23-11-10-20(17-24(23)34(30,31)27-12-14-32-15-13-27)26-25(29)22-16-18(2)28(19(22)3)21-8-6-5-7-9-21/h5-11,16-17H,4,12-15H2,1-3H3,(H,26,29). The highest BCUT2D eigenvalue weighted by molar-refractivity contribution is 7.89. The largest absolute Gasteiger partial charge is 0.492 e. The lowest BCUT2D eigenvalue weighted by atomic mass is 10.2. The Bertz CT molecular complexity index is 1280. The highest BCUT2D eigenvalue weighted by Crippen LogP contribution is 2.31. The van der Waals surface area contributed by atoms with E-state index in [9.17, 15) is 13.2 Å². The van der Waals surface area contributed by atoms with E-state index in [1.165, 1.54) is 10.4 Å². The van der Waals surface area contributed by atoms with Gasteiger partial charge in [-0.1, -0.05) is 18.2 Å². The van der Waals surface area contributed by atoms with Gasteiger partial charge < -0.3 is 19.4 Å². The number of ether oxygens (including phenoxy) is 2. The highest BCUT2D eigenvalue weighted by Gasteiger charge is 2.30. The topological polar surface area (TPSA) is 89.9 Å². The van der Waals surface area contributed by atoms with Gasteiger partial charge in [0.15, 0.2) is 0 Å². The van der Waals surface area contributed by atoms with Crippen LogP contribution in [0, 0.1) is 13.8 Å². The van der Waals surface area contributed by atoms with Gasteiger partial charge >= 0.3 is 0 Å². The second-order valence-electron chi connectivity index (χ2n) is 8.02. The van der Waals surface area contributed by atoms with Crippen molar-refractivity contribution in [2.24, 2.45) is 0 Å². The van der Waals surface area contributed by atoms with E-state index in [1.807, 2.05) is 54.8 Å². The van der Waals surface area contributed by atoms with E-state index in [0.717, 1.165) is 17.1 Å². The minimum Gasteiger partial charge on any atom is -0.492 e. The molecular weight excluding hydrogens is 454 g/mol. The first kappa shape index (κ1) is 24.0. The van der Waals surface area contributed by atoms with E-state index in [1.54, 1.807) is 19.1 Å². The number of nitrogens with one attached hydrogen (secondary N) is 1. The Morgan fingerprint density at radius 2 is 1.76 bits per heavy atom. The lowest BCUT2D eigenvalue weighted by molar-refractivity contribution is 0.0729. The maximum Gasteiger partial charge on any atom is 0.257 e. The van der Waals surface area contributed by atoms with Crippen molar-refractivity contribution in [3.8, 4) is 11.4 Å². The number of morpholine rings is 1. The number of hydrogen-bond donors (Lipinski definition) is 1. The third kappa shape index (κ3) is 4.72. The molecule has 0 unspecified atom stereocenters. The SMILES string of the molecule is CCOc1ccc(NC(=O)c2cc(C)n(-c3ccccc3)c2C)cc1S(=O)(=O)N1CCOCC1. The number of para-hydroxylation sites is 1. The average Bonchev–Trinajstić information content (AvgIpc) is 3.15. The molecular formula is C25H29N3O5S. The number of benzene rings is 2. The first-order valence-corrected chi connectivity index (χ1v) is 12.7. The van der Waals surface area contributed by atoms with Crippen LogP contribution in [0.5, 0.6) is 5.75 Å². The summed E-state index contributed by atoms with van der Waals surface area (Å²) in [5, 5.41) is 2.86. The van der Waals surface area contributed by atoms with E-state index < -0.39 is 10.0 Å². The molecule has 0 bridgehead atoms. The van der Waals surface area contributed by atoms with Crippen molar-refractivity contribution in [2.75, 3.05) is 38.2 Å². The van der Waals surface area contributed by atoms with E-state index in [4.69, 9.17) is 9.47 Å². The van der Waals surface area contributed by atoms with Crippen LogP contribution < -0.4 is 10.1 Å². The maximum absolute atomic E-state index is 13.3. The minimum atomic E-state index is -3.81. The summed E-state index contributed by atoms with van der Waals surface area (Å²) < 4.78 is 40.9. The van der Waals surface area contributed by atoms with E-state index in [0.29, 0.717) is 31.1 Å². The number of anilines is 1.